The Morgan fingerprint density at radius 3 is 2.64 bits per heavy atom. The molecule has 1 aliphatic heterocycles. The van der Waals surface area contributed by atoms with Gasteiger partial charge < -0.3 is 4.90 Å². The van der Waals surface area contributed by atoms with Crippen molar-refractivity contribution in [2.45, 2.75) is 52.5 Å². The lowest BCUT2D eigenvalue weighted by Gasteiger charge is -2.34. The normalized spacial score (nSPS) is 26.1. The largest absolute Gasteiger partial charge is 0.300 e. The molecular weight excluding hydrogens is 238 g/mol. The lowest BCUT2D eigenvalue weighted by atomic mass is 9.95. The quantitative estimate of drug-likeness (QED) is 0.701. The summed E-state index contributed by atoms with van der Waals surface area (Å²) in [5.41, 5.74) is 0.415. The van der Waals surface area contributed by atoms with E-state index < -0.39 is 0 Å². The van der Waals surface area contributed by atoms with E-state index in [0.717, 1.165) is 11.4 Å². The van der Waals surface area contributed by atoms with Gasteiger partial charge in [-0.15, -0.1) is 0 Å². The van der Waals surface area contributed by atoms with Gasteiger partial charge in [0.05, 0.1) is 0 Å². The molecule has 1 nitrogen and oxygen atoms in total. The number of rotatable bonds is 3. The molecule has 0 aliphatic carbocycles. The van der Waals surface area contributed by atoms with Gasteiger partial charge in [0, 0.05) is 17.9 Å². The number of alkyl halides is 1. The molecule has 0 aromatic carbocycles. The van der Waals surface area contributed by atoms with E-state index in [1.165, 1.54) is 38.8 Å². The molecule has 0 amide bonds. The van der Waals surface area contributed by atoms with Gasteiger partial charge in [0.25, 0.3) is 0 Å². The van der Waals surface area contributed by atoms with Crippen LogP contribution in [0.2, 0.25) is 0 Å². The standard InChI is InChI=1S/C12H24BrN/c1-11-7-5-4-6-8-14(11)10-12(2,3)9-13/h11H,4-10H2,1-3H3. The van der Waals surface area contributed by atoms with Crippen LogP contribution >= 0.6 is 15.9 Å². The van der Waals surface area contributed by atoms with Crippen LogP contribution in [0.25, 0.3) is 0 Å². The minimum absolute atomic E-state index is 0.415. The summed E-state index contributed by atoms with van der Waals surface area (Å²) in [6.07, 6.45) is 5.63. The van der Waals surface area contributed by atoms with E-state index in [4.69, 9.17) is 0 Å². The van der Waals surface area contributed by atoms with Gasteiger partial charge in [0.15, 0.2) is 0 Å². The number of nitrogens with zero attached hydrogens (tertiary/aromatic N) is 1. The summed E-state index contributed by atoms with van der Waals surface area (Å²) in [6, 6.07) is 0.788. The van der Waals surface area contributed by atoms with Crippen molar-refractivity contribution in [1.82, 2.24) is 4.90 Å². The monoisotopic (exact) mass is 261 g/mol. The Morgan fingerprint density at radius 2 is 2.00 bits per heavy atom. The number of likely N-dealkylation sites (tertiary alicyclic amines) is 1. The molecule has 1 unspecified atom stereocenters. The molecule has 0 spiro atoms. The molecule has 1 saturated heterocycles. The maximum absolute atomic E-state index is 3.61. The van der Waals surface area contributed by atoms with Crippen molar-refractivity contribution in [1.29, 1.82) is 0 Å². The van der Waals surface area contributed by atoms with Gasteiger partial charge in [-0.2, -0.15) is 0 Å². The molecule has 0 radical (unpaired) electrons. The maximum atomic E-state index is 3.61. The van der Waals surface area contributed by atoms with Crippen molar-refractivity contribution in [3.8, 4) is 0 Å². The fourth-order valence-corrected chi connectivity index (χ4v) is 2.34. The fourth-order valence-electron chi connectivity index (χ4n) is 2.16. The van der Waals surface area contributed by atoms with Gasteiger partial charge in [-0.3, -0.25) is 0 Å². The van der Waals surface area contributed by atoms with Crippen molar-refractivity contribution in [2.24, 2.45) is 5.41 Å². The first-order chi connectivity index (χ1) is 6.55. The summed E-state index contributed by atoms with van der Waals surface area (Å²) in [5, 5.41) is 1.10. The van der Waals surface area contributed by atoms with Crippen LogP contribution in [-0.2, 0) is 0 Å². The van der Waals surface area contributed by atoms with Crippen molar-refractivity contribution < 1.29 is 0 Å². The second kappa shape index (κ2) is 5.50. The highest BCUT2D eigenvalue weighted by Crippen LogP contribution is 2.24. The van der Waals surface area contributed by atoms with Crippen LogP contribution in [0.1, 0.15) is 46.5 Å². The smallest absolute Gasteiger partial charge is 0.00949 e. The summed E-state index contributed by atoms with van der Waals surface area (Å²) in [4.78, 5) is 2.67. The zero-order chi connectivity index (χ0) is 10.6. The van der Waals surface area contributed by atoms with E-state index in [0.29, 0.717) is 5.41 Å². The Bertz CT molecular complexity index is 168. The summed E-state index contributed by atoms with van der Waals surface area (Å²) < 4.78 is 0. The van der Waals surface area contributed by atoms with Crippen LogP contribution in [0.3, 0.4) is 0 Å². The number of hydrogen-bond donors (Lipinski definition) is 0. The van der Waals surface area contributed by atoms with Gasteiger partial charge in [-0.25, -0.2) is 0 Å². The molecule has 1 atom stereocenters. The van der Waals surface area contributed by atoms with Gasteiger partial charge in [0.2, 0.25) is 0 Å². The predicted octanol–water partition coefficient (Wildman–Crippen LogP) is 3.67. The molecule has 0 saturated carbocycles. The van der Waals surface area contributed by atoms with Crippen molar-refractivity contribution >= 4 is 15.9 Å². The van der Waals surface area contributed by atoms with Crippen LogP contribution < -0.4 is 0 Å². The van der Waals surface area contributed by atoms with Crippen LogP contribution in [0, 0.1) is 5.41 Å². The minimum Gasteiger partial charge on any atom is -0.300 e. The molecule has 1 fully saturated rings. The van der Waals surface area contributed by atoms with Crippen LogP contribution in [0.4, 0.5) is 0 Å². The van der Waals surface area contributed by atoms with E-state index >= 15 is 0 Å². The molecule has 14 heavy (non-hydrogen) atoms. The van der Waals surface area contributed by atoms with E-state index in [9.17, 15) is 0 Å². The fraction of sp³-hybridized carbons (Fsp3) is 1.00. The highest BCUT2D eigenvalue weighted by Gasteiger charge is 2.24. The third-order valence-corrected chi connectivity index (χ3v) is 4.70. The number of halogens is 1. The highest BCUT2D eigenvalue weighted by molar-refractivity contribution is 9.09. The summed E-state index contributed by atoms with van der Waals surface area (Å²) >= 11 is 3.61. The summed E-state index contributed by atoms with van der Waals surface area (Å²) in [7, 11) is 0. The molecule has 1 aliphatic rings. The van der Waals surface area contributed by atoms with Crippen LogP contribution in [0.15, 0.2) is 0 Å². The predicted molar refractivity (Wildman–Crippen MR) is 67.1 cm³/mol. The van der Waals surface area contributed by atoms with Gasteiger partial charge >= 0.3 is 0 Å². The Morgan fingerprint density at radius 1 is 1.29 bits per heavy atom. The average Bonchev–Trinajstić information content (AvgIpc) is 2.32. The van der Waals surface area contributed by atoms with E-state index in [1.807, 2.05) is 0 Å². The third kappa shape index (κ3) is 3.90. The Kier molecular flexibility index (Phi) is 4.92. The van der Waals surface area contributed by atoms with E-state index in [-0.39, 0.29) is 0 Å². The molecule has 1 heterocycles. The van der Waals surface area contributed by atoms with E-state index in [2.05, 4.69) is 41.6 Å². The molecular formula is C12H24BrN. The second-order valence-electron chi connectivity index (χ2n) is 5.47. The molecule has 0 aromatic heterocycles. The van der Waals surface area contributed by atoms with Crippen LogP contribution in [0.5, 0.6) is 0 Å². The molecule has 1 rings (SSSR count). The summed E-state index contributed by atoms with van der Waals surface area (Å²) in [6.45, 7) is 9.62. The lowest BCUT2D eigenvalue weighted by Crippen LogP contribution is -2.40. The van der Waals surface area contributed by atoms with Crippen molar-refractivity contribution in [2.75, 3.05) is 18.4 Å². The topological polar surface area (TPSA) is 3.24 Å². The van der Waals surface area contributed by atoms with Crippen molar-refractivity contribution in [3.05, 3.63) is 0 Å². The SMILES string of the molecule is CC1CCCCCN1CC(C)(C)CBr. The second-order valence-corrected chi connectivity index (χ2v) is 6.03. The minimum atomic E-state index is 0.415. The Labute approximate surface area is 97.4 Å². The zero-order valence-corrected chi connectivity index (χ0v) is 11.4. The molecule has 0 bridgehead atoms. The molecule has 2 heteroatoms. The Hall–Kier alpha value is 0.440. The zero-order valence-electron chi connectivity index (χ0n) is 9.85. The highest BCUT2D eigenvalue weighted by atomic mass is 79.9. The molecule has 84 valence electrons. The maximum Gasteiger partial charge on any atom is 0.00949 e. The van der Waals surface area contributed by atoms with Crippen LogP contribution in [-0.4, -0.2) is 29.4 Å². The van der Waals surface area contributed by atoms with Crippen molar-refractivity contribution in [3.63, 3.8) is 0 Å². The Balaban J connectivity index is 2.48. The molecule has 0 aromatic rings. The lowest BCUT2D eigenvalue weighted by molar-refractivity contribution is 0.153. The number of hydrogen-bond acceptors (Lipinski definition) is 1. The third-order valence-electron chi connectivity index (χ3n) is 3.18. The summed E-state index contributed by atoms with van der Waals surface area (Å²) in [5.74, 6) is 0. The van der Waals surface area contributed by atoms with Gasteiger partial charge in [-0.1, -0.05) is 42.6 Å². The van der Waals surface area contributed by atoms with Gasteiger partial charge in [-0.05, 0) is 31.7 Å². The first-order valence-corrected chi connectivity index (χ1v) is 6.97. The van der Waals surface area contributed by atoms with Gasteiger partial charge in [0.1, 0.15) is 0 Å². The molecule has 0 N–H and O–H groups in total. The first-order valence-electron chi connectivity index (χ1n) is 5.85. The average molecular weight is 262 g/mol. The van der Waals surface area contributed by atoms with E-state index in [1.54, 1.807) is 0 Å². The first kappa shape index (κ1) is 12.5.